The van der Waals surface area contributed by atoms with Crippen LogP contribution in [0.15, 0.2) is 29.1 Å². The van der Waals surface area contributed by atoms with E-state index in [4.69, 9.17) is 26.8 Å². The van der Waals surface area contributed by atoms with Crippen LogP contribution in [0.2, 0.25) is 5.02 Å². The second-order valence-electron chi connectivity index (χ2n) is 7.33. The van der Waals surface area contributed by atoms with Gasteiger partial charge in [-0.15, -0.1) is 0 Å². The molecule has 0 spiro atoms. The zero-order valence-corrected chi connectivity index (χ0v) is 18.2. The first-order valence-electron chi connectivity index (χ1n) is 10.2. The van der Waals surface area contributed by atoms with Gasteiger partial charge in [0, 0.05) is 12.2 Å². The zero-order valence-electron chi connectivity index (χ0n) is 17.4. The molecule has 168 valence electrons. The number of hydrogen-bond donors (Lipinski definition) is 1. The number of imidazole rings is 1. The lowest BCUT2D eigenvalue weighted by Gasteiger charge is -2.11. The van der Waals surface area contributed by atoms with Crippen molar-refractivity contribution in [3.05, 3.63) is 45.5 Å². The van der Waals surface area contributed by atoms with Crippen molar-refractivity contribution in [1.29, 1.82) is 0 Å². The van der Waals surface area contributed by atoms with E-state index in [1.807, 2.05) is 0 Å². The third-order valence-corrected chi connectivity index (χ3v) is 5.53. The van der Waals surface area contributed by atoms with Gasteiger partial charge in [-0.1, -0.05) is 23.7 Å². The topological polar surface area (TPSA) is 131 Å². The Balaban J connectivity index is 1.98. The van der Waals surface area contributed by atoms with Crippen molar-refractivity contribution in [3.8, 4) is 11.4 Å². The Morgan fingerprint density at radius 1 is 1.28 bits per heavy atom. The van der Waals surface area contributed by atoms with E-state index in [0.29, 0.717) is 17.2 Å². The van der Waals surface area contributed by atoms with Gasteiger partial charge in [0.15, 0.2) is 17.2 Å². The van der Waals surface area contributed by atoms with Crippen LogP contribution < -0.4 is 11.4 Å². The maximum atomic E-state index is 13.3. The van der Waals surface area contributed by atoms with Crippen molar-refractivity contribution in [3.63, 3.8) is 0 Å². The third-order valence-electron chi connectivity index (χ3n) is 5.20. The number of primary amides is 1. The fourth-order valence-electron chi connectivity index (χ4n) is 3.79. The molecule has 1 amide bonds. The maximum Gasteiger partial charge on any atom is 0.331 e. The van der Waals surface area contributed by atoms with Gasteiger partial charge in [0.1, 0.15) is 12.1 Å². The van der Waals surface area contributed by atoms with Gasteiger partial charge in [0.05, 0.1) is 24.3 Å². The molecule has 2 aromatic heterocycles. The highest BCUT2D eigenvalue weighted by molar-refractivity contribution is 6.33. The Bertz CT molecular complexity index is 1250. The first-order chi connectivity index (χ1) is 15.4. The van der Waals surface area contributed by atoms with Crippen LogP contribution in [-0.4, -0.2) is 50.3 Å². The van der Waals surface area contributed by atoms with Crippen molar-refractivity contribution >= 4 is 34.6 Å². The fraction of sp³-hybridized carbons (Fsp3) is 0.381. The minimum Gasteiger partial charge on any atom is -0.465 e. The van der Waals surface area contributed by atoms with Crippen molar-refractivity contribution in [1.82, 2.24) is 19.1 Å². The summed E-state index contributed by atoms with van der Waals surface area (Å²) in [5.74, 6) is -1.35. The first-order valence-corrected chi connectivity index (χ1v) is 10.6. The lowest BCUT2D eigenvalue weighted by Crippen LogP contribution is -2.31. The number of esters is 1. The molecule has 1 aliphatic rings. The van der Waals surface area contributed by atoms with E-state index in [2.05, 4.69) is 9.97 Å². The summed E-state index contributed by atoms with van der Waals surface area (Å²) in [6.07, 6.45) is 1.47. The molecule has 1 aromatic carbocycles. The van der Waals surface area contributed by atoms with Gasteiger partial charge in [-0.05, 0) is 31.9 Å². The Labute approximate surface area is 187 Å². The van der Waals surface area contributed by atoms with Gasteiger partial charge in [0.2, 0.25) is 0 Å². The summed E-state index contributed by atoms with van der Waals surface area (Å²) in [4.78, 5) is 46.7. The van der Waals surface area contributed by atoms with Gasteiger partial charge in [-0.2, -0.15) is 0 Å². The SMILES string of the molecule is CCOC(=O)Cn1c(=O)n(C[C@H]2CCCO2)c2nc(-c3ccccc3Cl)nc(C(N)=O)c21. The van der Waals surface area contributed by atoms with E-state index in [0.717, 1.165) is 17.4 Å². The molecule has 1 atom stereocenters. The standard InChI is InChI=1S/C21H22ClN5O5/c1-2-31-15(28)11-26-17-16(18(23)29)24-19(13-7-3-4-8-14(13)22)25-20(17)27(21(26)30)10-12-6-5-9-32-12/h3-4,7-8,12H,2,5-6,9-11H2,1H3,(H2,23,29)/t12-/m1/s1. The molecule has 0 saturated carbocycles. The fourth-order valence-corrected chi connectivity index (χ4v) is 4.01. The van der Waals surface area contributed by atoms with E-state index >= 15 is 0 Å². The molecule has 2 N–H and O–H groups in total. The van der Waals surface area contributed by atoms with Crippen LogP contribution in [0.25, 0.3) is 22.6 Å². The number of rotatable bonds is 7. The third kappa shape index (κ3) is 4.11. The number of hydrogen-bond acceptors (Lipinski definition) is 7. The molecule has 10 nitrogen and oxygen atoms in total. The highest BCUT2D eigenvalue weighted by Crippen LogP contribution is 2.28. The predicted molar refractivity (Wildman–Crippen MR) is 116 cm³/mol. The maximum absolute atomic E-state index is 13.3. The van der Waals surface area contributed by atoms with Crippen LogP contribution >= 0.6 is 11.6 Å². The van der Waals surface area contributed by atoms with Crippen LogP contribution in [-0.2, 0) is 27.4 Å². The molecule has 1 aliphatic heterocycles. The number of carbonyl (C=O) groups is 2. The second-order valence-corrected chi connectivity index (χ2v) is 7.74. The van der Waals surface area contributed by atoms with E-state index in [-0.39, 0.29) is 41.9 Å². The normalized spacial score (nSPS) is 15.9. The first kappa shape index (κ1) is 22.0. The molecule has 0 aliphatic carbocycles. The van der Waals surface area contributed by atoms with E-state index in [1.165, 1.54) is 4.57 Å². The molecular weight excluding hydrogens is 438 g/mol. The van der Waals surface area contributed by atoms with E-state index < -0.39 is 24.1 Å². The van der Waals surface area contributed by atoms with Gasteiger partial charge in [-0.3, -0.25) is 18.7 Å². The minimum atomic E-state index is -0.863. The van der Waals surface area contributed by atoms with Crippen molar-refractivity contribution in [2.75, 3.05) is 13.2 Å². The molecule has 0 bridgehead atoms. The van der Waals surface area contributed by atoms with Crippen LogP contribution in [0.1, 0.15) is 30.3 Å². The molecule has 4 rings (SSSR count). The van der Waals surface area contributed by atoms with Crippen molar-refractivity contribution in [2.45, 2.75) is 39.0 Å². The molecule has 11 heteroatoms. The number of benzene rings is 1. The molecule has 0 unspecified atom stereocenters. The molecule has 3 aromatic rings. The van der Waals surface area contributed by atoms with Crippen LogP contribution in [0.4, 0.5) is 0 Å². The lowest BCUT2D eigenvalue weighted by atomic mass is 10.2. The van der Waals surface area contributed by atoms with E-state index in [1.54, 1.807) is 31.2 Å². The average Bonchev–Trinajstić information content (AvgIpc) is 3.36. The van der Waals surface area contributed by atoms with Gasteiger partial charge < -0.3 is 15.2 Å². The summed E-state index contributed by atoms with van der Waals surface area (Å²) in [6.45, 7) is 2.22. The minimum absolute atomic E-state index is 0.0735. The van der Waals surface area contributed by atoms with Gasteiger partial charge in [-0.25, -0.2) is 14.8 Å². The number of nitrogens with zero attached hydrogens (tertiary/aromatic N) is 4. The Hall–Kier alpha value is -3.24. The lowest BCUT2D eigenvalue weighted by molar-refractivity contribution is -0.143. The summed E-state index contributed by atoms with van der Waals surface area (Å²) in [5, 5.41) is 0.376. The quantitative estimate of drug-likeness (QED) is 0.532. The number of ether oxygens (including phenoxy) is 2. The molecule has 3 heterocycles. The highest BCUT2D eigenvalue weighted by atomic mass is 35.5. The predicted octanol–water partition coefficient (Wildman–Crippen LogP) is 1.75. The number of aromatic nitrogens is 4. The monoisotopic (exact) mass is 459 g/mol. The molecule has 1 saturated heterocycles. The average molecular weight is 460 g/mol. The van der Waals surface area contributed by atoms with Crippen molar-refractivity contribution < 1.29 is 19.1 Å². The highest BCUT2D eigenvalue weighted by Gasteiger charge is 2.27. The summed E-state index contributed by atoms with van der Waals surface area (Å²) >= 11 is 6.31. The largest absolute Gasteiger partial charge is 0.465 e. The van der Waals surface area contributed by atoms with Crippen molar-refractivity contribution in [2.24, 2.45) is 5.73 Å². The number of carbonyl (C=O) groups excluding carboxylic acids is 2. The van der Waals surface area contributed by atoms with Gasteiger partial charge >= 0.3 is 11.7 Å². The molecule has 32 heavy (non-hydrogen) atoms. The smallest absolute Gasteiger partial charge is 0.331 e. The summed E-state index contributed by atoms with van der Waals surface area (Å²) < 4.78 is 13.2. The van der Waals surface area contributed by atoms with E-state index in [9.17, 15) is 14.4 Å². The second kappa shape index (κ2) is 9.09. The summed E-state index contributed by atoms with van der Waals surface area (Å²) in [6, 6.07) is 6.87. The van der Waals surface area contributed by atoms with Crippen LogP contribution in [0.3, 0.4) is 0 Å². The number of fused-ring (bicyclic) bond motifs is 1. The summed E-state index contributed by atoms with van der Waals surface area (Å²) in [7, 11) is 0. The molecular formula is C21H22ClN5O5. The Morgan fingerprint density at radius 2 is 2.06 bits per heavy atom. The number of nitrogens with two attached hydrogens (primary N) is 1. The molecule has 1 fully saturated rings. The summed E-state index contributed by atoms with van der Waals surface area (Å²) in [5.41, 5.74) is 5.63. The van der Waals surface area contributed by atoms with Gasteiger partial charge in [0.25, 0.3) is 5.91 Å². The Morgan fingerprint density at radius 3 is 2.72 bits per heavy atom. The molecule has 0 radical (unpaired) electrons. The number of amides is 1. The Kier molecular flexibility index (Phi) is 6.24. The van der Waals surface area contributed by atoms with Crippen LogP contribution in [0.5, 0.6) is 0 Å². The van der Waals surface area contributed by atoms with Crippen LogP contribution in [0, 0.1) is 0 Å². The zero-order chi connectivity index (χ0) is 22.8. The number of halogens is 1.